The number of carbonyl (C=O) groups excluding carboxylic acids is 1. The highest BCUT2D eigenvalue weighted by atomic mass is 35.5. The number of benzene rings is 3. The molecule has 1 aromatic heterocycles. The number of allylic oxidation sites excluding steroid dienone is 1. The van der Waals surface area contributed by atoms with Crippen LogP contribution in [-0.2, 0) is 4.79 Å². The molecule has 0 radical (unpaired) electrons. The number of nitrogens with one attached hydrogen (secondary N) is 1. The van der Waals surface area contributed by atoms with Crippen molar-refractivity contribution in [3.05, 3.63) is 95.1 Å². The lowest BCUT2D eigenvalue weighted by molar-refractivity contribution is -0.113. The summed E-state index contributed by atoms with van der Waals surface area (Å²) in [6.45, 7) is 0. The van der Waals surface area contributed by atoms with Gasteiger partial charge in [0, 0.05) is 28.1 Å². The van der Waals surface area contributed by atoms with Gasteiger partial charge in [-0.25, -0.2) is 4.98 Å². The molecule has 0 fully saturated rings. The summed E-state index contributed by atoms with van der Waals surface area (Å²) in [5.74, 6) is -0.0741. The lowest BCUT2D eigenvalue weighted by Crippen LogP contribution is -2.14. The van der Waals surface area contributed by atoms with Crippen molar-refractivity contribution in [3.63, 3.8) is 0 Å². The minimum Gasteiger partial charge on any atom is -0.493 e. The highest BCUT2D eigenvalue weighted by Gasteiger charge is 2.20. The number of amides is 1. The molecule has 1 amide bonds. The highest BCUT2D eigenvalue weighted by Crippen LogP contribution is 2.36. The van der Waals surface area contributed by atoms with E-state index in [0.717, 1.165) is 22.5 Å². The molecule has 5 rings (SSSR count). The van der Waals surface area contributed by atoms with Gasteiger partial charge < -0.3 is 10.4 Å². The summed E-state index contributed by atoms with van der Waals surface area (Å²) in [6.07, 6.45) is 3.57. The van der Waals surface area contributed by atoms with E-state index < -0.39 is 0 Å². The van der Waals surface area contributed by atoms with Gasteiger partial charge in [0.05, 0.1) is 17.1 Å². The van der Waals surface area contributed by atoms with Gasteiger partial charge in [0.1, 0.15) is 5.69 Å². The molecule has 4 aromatic rings. The van der Waals surface area contributed by atoms with Gasteiger partial charge >= 0.3 is 0 Å². The molecule has 168 valence electrons. The smallest absolute Gasteiger partial charge is 0.234 e. The molecule has 6 nitrogen and oxygen atoms in total. The van der Waals surface area contributed by atoms with Gasteiger partial charge in [0.2, 0.25) is 11.8 Å². The van der Waals surface area contributed by atoms with Gasteiger partial charge in [0.25, 0.3) is 0 Å². The van der Waals surface area contributed by atoms with Crippen LogP contribution >= 0.6 is 23.4 Å². The number of nitrogens with zero attached hydrogens (tertiary/aromatic N) is 3. The third-order valence-corrected chi connectivity index (χ3v) is 6.36. The highest BCUT2D eigenvalue weighted by molar-refractivity contribution is 7.99. The number of fused-ring (bicyclic) bond motifs is 1. The van der Waals surface area contributed by atoms with Crippen LogP contribution in [0.4, 0.5) is 11.4 Å². The van der Waals surface area contributed by atoms with Crippen LogP contribution in [-0.4, -0.2) is 32.5 Å². The number of para-hydroxylation sites is 2. The predicted octanol–water partition coefficient (Wildman–Crippen LogP) is 6.22. The van der Waals surface area contributed by atoms with E-state index in [0.29, 0.717) is 21.6 Å². The van der Waals surface area contributed by atoms with Crippen LogP contribution in [0.1, 0.15) is 11.3 Å². The SMILES string of the molecule is O=C(CSc1nc(/C=C2\C=Nc3ccccc32)c(O)n1-c1ccccc1)Nc1ccc(Cl)cc1. The molecule has 0 atom stereocenters. The summed E-state index contributed by atoms with van der Waals surface area (Å²) in [6, 6.07) is 24.1. The topological polar surface area (TPSA) is 79.5 Å². The number of anilines is 1. The van der Waals surface area contributed by atoms with Crippen LogP contribution in [0, 0.1) is 0 Å². The zero-order chi connectivity index (χ0) is 23.5. The van der Waals surface area contributed by atoms with Gasteiger partial charge in [-0.15, -0.1) is 0 Å². The first kappa shape index (κ1) is 22.0. The first-order chi connectivity index (χ1) is 16.6. The van der Waals surface area contributed by atoms with Crippen molar-refractivity contribution < 1.29 is 9.90 Å². The number of carbonyl (C=O) groups is 1. The number of aliphatic imine (C=N–C) groups is 1. The molecule has 0 aliphatic carbocycles. The second kappa shape index (κ2) is 9.59. The van der Waals surface area contributed by atoms with Crippen LogP contribution in [0.25, 0.3) is 17.3 Å². The van der Waals surface area contributed by atoms with Crippen LogP contribution in [0.3, 0.4) is 0 Å². The molecule has 0 saturated heterocycles. The number of halogens is 1. The molecule has 3 aromatic carbocycles. The summed E-state index contributed by atoms with van der Waals surface area (Å²) in [7, 11) is 0. The molecular weight excluding hydrogens is 468 g/mol. The largest absolute Gasteiger partial charge is 0.493 e. The van der Waals surface area contributed by atoms with Gasteiger partial charge in [-0.1, -0.05) is 59.8 Å². The Balaban J connectivity index is 1.43. The minimum atomic E-state index is -0.189. The number of rotatable bonds is 6. The molecule has 0 spiro atoms. The van der Waals surface area contributed by atoms with Crippen molar-refractivity contribution in [2.45, 2.75) is 5.16 Å². The molecule has 34 heavy (non-hydrogen) atoms. The van der Waals surface area contributed by atoms with Gasteiger partial charge in [0.15, 0.2) is 5.16 Å². The van der Waals surface area contributed by atoms with Crippen molar-refractivity contribution in [2.24, 2.45) is 4.99 Å². The predicted molar refractivity (Wildman–Crippen MR) is 138 cm³/mol. The van der Waals surface area contributed by atoms with Crippen molar-refractivity contribution in [2.75, 3.05) is 11.1 Å². The second-order valence-electron chi connectivity index (χ2n) is 7.49. The third kappa shape index (κ3) is 4.62. The average Bonchev–Trinajstić information content (AvgIpc) is 3.41. The number of hydrogen-bond donors (Lipinski definition) is 2. The Kier molecular flexibility index (Phi) is 6.20. The molecule has 1 aliphatic heterocycles. The van der Waals surface area contributed by atoms with Crippen LogP contribution in [0.2, 0.25) is 5.02 Å². The first-order valence-electron chi connectivity index (χ1n) is 10.5. The average molecular weight is 487 g/mol. The third-order valence-electron chi connectivity index (χ3n) is 5.17. The number of thioether (sulfide) groups is 1. The molecule has 0 saturated carbocycles. The molecule has 8 heteroatoms. The first-order valence-corrected chi connectivity index (χ1v) is 11.9. The van der Waals surface area contributed by atoms with E-state index in [2.05, 4.69) is 15.3 Å². The summed E-state index contributed by atoms with van der Waals surface area (Å²) in [4.78, 5) is 21.6. The number of aromatic hydroxyl groups is 1. The van der Waals surface area contributed by atoms with Gasteiger partial charge in [-0.2, -0.15) is 0 Å². The number of hydrogen-bond acceptors (Lipinski definition) is 5. The summed E-state index contributed by atoms with van der Waals surface area (Å²) >= 11 is 7.15. The van der Waals surface area contributed by atoms with Crippen molar-refractivity contribution in [3.8, 4) is 11.6 Å². The molecular formula is C26H19ClN4O2S. The fourth-order valence-corrected chi connectivity index (χ4v) is 4.52. The van der Waals surface area contributed by atoms with Crippen LogP contribution in [0.5, 0.6) is 5.88 Å². The standard InChI is InChI=1S/C26H19ClN4O2S/c27-18-10-12-19(13-11-18)29-24(32)16-34-26-30-23(25(33)31(26)20-6-2-1-3-7-20)14-17-15-28-22-9-5-4-8-21(17)22/h1-15,33H,16H2,(H,29,32)/b17-14+. The van der Waals surface area contributed by atoms with Gasteiger partial charge in [-0.3, -0.25) is 14.4 Å². The Morgan fingerprint density at radius 3 is 2.56 bits per heavy atom. The van der Waals surface area contributed by atoms with Crippen LogP contribution in [0.15, 0.2) is 89.0 Å². The maximum Gasteiger partial charge on any atom is 0.234 e. The minimum absolute atomic E-state index is 0.00269. The molecule has 2 heterocycles. The van der Waals surface area contributed by atoms with E-state index in [1.165, 1.54) is 11.8 Å². The number of imidazole rings is 1. The molecule has 0 unspecified atom stereocenters. The summed E-state index contributed by atoms with van der Waals surface area (Å²) in [5, 5.41) is 15.0. The van der Waals surface area contributed by atoms with E-state index in [1.54, 1.807) is 35.0 Å². The van der Waals surface area contributed by atoms with E-state index in [1.807, 2.05) is 60.7 Å². The Hall–Kier alpha value is -3.81. The maximum atomic E-state index is 12.5. The molecule has 1 aliphatic rings. The van der Waals surface area contributed by atoms with E-state index >= 15 is 0 Å². The fraction of sp³-hybridized carbons (Fsp3) is 0.0385. The summed E-state index contributed by atoms with van der Waals surface area (Å²) in [5.41, 5.74) is 4.53. The lowest BCUT2D eigenvalue weighted by Gasteiger charge is -2.09. The molecule has 0 bridgehead atoms. The second-order valence-corrected chi connectivity index (χ2v) is 8.87. The zero-order valence-corrected chi connectivity index (χ0v) is 19.4. The Bertz CT molecular complexity index is 1410. The monoisotopic (exact) mass is 486 g/mol. The Morgan fingerprint density at radius 1 is 1.03 bits per heavy atom. The van der Waals surface area contributed by atoms with Crippen LogP contribution < -0.4 is 5.32 Å². The van der Waals surface area contributed by atoms with Gasteiger partial charge in [-0.05, 0) is 48.5 Å². The van der Waals surface area contributed by atoms with E-state index in [9.17, 15) is 9.90 Å². The van der Waals surface area contributed by atoms with Crippen molar-refractivity contribution in [1.29, 1.82) is 0 Å². The normalized spacial score (nSPS) is 13.3. The Morgan fingerprint density at radius 2 is 1.76 bits per heavy atom. The lowest BCUT2D eigenvalue weighted by atomic mass is 10.1. The molecule has 2 N–H and O–H groups in total. The summed E-state index contributed by atoms with van der Waals surface area (Å²) < 4.78 is 1.64. The quantitative estimate of drug-likeness (QED) is 0.317. The Labute approximate surface area is 205 Å². The maximum absolute atomic E-state index is 12.5. The zero-order valence-electron chi connectivity index (χ0n) is 17.9. The fourth-order valence-electron chi connectivity index (χ4n) is 3.57. The van der Waals surface area contributed by atoms with Crippen molar-refractivity contribution >= 4 is 58.5 Å². The number of aromatic nitrogens is 2. The van der Waals surface area contributed by atoms with Crippen molar-refractivity contribution in [1.82, 2.24) is 9.55 Å². The van der Waals surface area contributed by atoms with E-state index in [-0.39, 0.29) is 17.5 Å². The van der Waals surface area contributed by atoms with E-state index in [4.69, 9.17) is 11.6 Å².